The first-order valence-corrected chi connectivity index (χ1v) is 10.5. The number of nitriles is 1. The van der Waals surface area contributed by atoms with Crippen LogP contribution in [0.2, 0.25) is 0 Å². The molecule has 2 rings (SSSR count). The second-order valence-corrected chi connectivity index (χ2v) is 9.66. The van der Waals surface area contributed by atoms with E-state index in [-0.39, 0.29) is 21.2 Å². The lowest BCUT2D eigenvalue weighted by atomic mass is 9.94. The summed E-state index contributed by atoms with van der Waals surface area (Å²) in [5.41, 5.74) is -1.80. The number of rotatable bonds is 2. The van der Waals surface area contributed by atoms with Crippen LogP contribution >= 0.6 is 0 Å². The van der Waals surface area contributed by atoms with Gasteiger partial charge in [-0.2, -0.15) is 18.4 Å². The molecule has 1 aliphatic carbocycles. The van der Waals surface area contributed by atoms with Gasteiger partial charge in [0, 0.05) is 12.8 Å². The molecule has 0 atom stereocenters. The van der Waals surface area contributed by atoms with Crippen molar-refractivity contribution in [3.8, 4) is 6.07 Å². The zero-order valence-electron chi connectivity index (χ0n) is 13.4. The molecule has 0 N–H and O–H groups in total. The zero-order chi connectivity index (χ0) is 19.3. The van der Waals surface area contributed by atoms with Gasteiger partial charge in [-0.05, 0) is 26.0 Å². The summed E-state index contributed by atoms with van der Waals surface area (Å²) in [6.45, 7) is 4.34. The second kappa shape index (κ2) is 8.82. The summed E-state index contributed by atoms with van der Waals surface area (Å²) in [6.07, 6.45) is 1.88. The number of allylic oxidation sites excluding steroid dienone is 4. The Morgan fingerprint density at radius 2 is 1.60 bits per heavy atom. The molecule has 0 aromatic heterocycles. The van der Waals surface area contributed by atoms with Gasteiger partial charge in [0.2, 0.25) is 0 Å². The van der Waals surface area contributed by atoms with Crippen LogP contribution in [-0.2, 0) is 10.1 Å². The van der Waals surface area contributed by atoms with Crippen LogP contribution in [0.5, 0.6) is 0 Å². The van der Waals surface area contributed by atoms with E-state index < -0.39 is 15.6 Å². The summed E-state index contributed by atoms with van der Waals surface area (Å²) in [6, 6.07) is 13.0. The monoisotopic (exact) mass is 485 g/mol. The Hall–Kier alpha value is -1.38. The molecule has 0 bridgehead atoms. The minimum absolute atomic E-state index is 0.165. The predicted octanol–water partition coefficient (Wildman–Crippen LogP) is 0.904. The first kappa shape index (κ1) is 21.7. The molecule has 25 heavy (non-hydrogen) atoms. The molecule has 4 nitrogen and oxygen atoms in total. The lowest BCUT2D eigenvalue weighted by Crippen LogP contribution is -3.61. The molecule has 0 heterocycles. The minimum Gasteiger partial charge on any atom is -0.741 e. The number of halogens is 4. The smallest absolute Gasteiger partial charge is 0.485 e. The fourth-order valence-corrected chi connectivity index (χ4v) is 4.73. The predicted molar refractivity (Wildman–Crippen MR) is 81.1 cm³/mol. The molecule has 0 saturated carbocycles. The molecular weight excluding hydrogens is 470 g/mol. The zero-order valence-corrected chi connectivity index (χ0v) is 16.4. The van der Waals surface area contributed by atoms with Crippen LogP contribution in [0.1, 0.15) is 26.7 Å². The lowest BCUT2D eigenvalue weighted by molar-refractivity contribution is -0.579. The third kappa shape index (κ3) is 6.80. The van der Waals surface area contributed by atoms with Gasteiger partial charge in [0.15, 0.2) is 17.3 Å². The topological polar surface area (TPSA) is 81.0 Å². The fraction of sp³-hybridized carbons (Fsp3) is 0.312. The number of hydrogen-bond donors (Lipinski definition) is 0. The van der Waals surface area contributed by atoms with Crippen molar-refractivity contribution in [2.45, 2.75) is 32.2 Å². The van der Waals surface area contributed by atoms with Crippen LogP contribution in [0.3, 0.4) is 0 Å². The van der Waals surface area contributed by atoms with Crippen LogP contribution in [0.4, 0.5) is 13.2 Å². The Morgan fingerprint density at radius 3 is 2.04 bits per heavy atom. The molecule has 1 aromatic rings. The van der Waals surface area contributed by atoms with Crippen molar-refractivity contribution in [1.29, 1.82) is 5.26 Å². The van der Waals surface area contributed by atoms with Crippen molar-refractivity contribution in [3.63, 3.8) is 0 Å². The Kier molecular flexibility index (Phi) is 7.64. The van der Waals surface area contributed by atoms with Crippen molar-refractivity contribution >= 4 is 10.1 Å². The van der Waals surface area contributed by atoms with Gasteiger partial charge in [-0.25, -0.2) is 8.42 Å². The van der Waals surface area contributed by atoms with E-state index in [2.05, 4.69) is 44.2 Å². The molecule has 0 fully saturated rings. The maximum absolute atomic E-state index is 10.7. The largest absolute Gasteiger partial charge is 0.741 e. The molecule has 0 unspecified atom stereocenters. The molecule has 0 amide bonds. The molecule has 9 heteroatoms. The van der Waals surface area contributed by atoms with Gasteiger partial charge in [-0.3, -0.25) is 0 Å². The lowest BCUT2D eigenvalue weighted by Gasteiger charge is -2.12. The second-order valence-electron chi connectivity index (χ2n) is 5.20. The maximum atomic E-state index is 10.7. The quantitative estimate of drug-likeness (QED) is 0.270. The van der Waals surface area contributed by atoms with Crippen molar-refractivity contribution in [2.75, 3.05) is 0 Å². The highest BCUT2D eigenvalue weighted by atomic mass is 127. The minimum atomic E-state index is -6.09. The van der Waals surface area contributed by atoms with Crippen molar-refractivity contribution < 1.29 is 47.3 Å². The highest BCUT2D eigenvalue weighted by molar-refractivity contribution is 7.86. The summed E-state index contributed by atoms with van der Waals surface area (Å²) in [5, 5.41) is 9.23. The number of hydrogen-bond acceptors (Lipinski definition) is 4. The summed E-state index contributed by atoms with van der Waals surface area (Å²) < 4.78 is 61.7. The van der Waals surface area contributed by atoms with E-state index in [4.69, 9.17) is 13.0 Å². The Balaban J connectivity index is 0.000000333. The normalized spacial score (nSPS) is 15.4. The van der Waals surface area contributed by atoms with E-state index in [9.17, 15) is 18.4 Å². The standard InChI is InChI=1S/C15H15IN.CHF3O3S/c1-11-8-13(10-17)15(9-12(11)2)16-14-6-4-3-5-7-14;2-1(3,4)8(5,6)7/h3-7H,8-9H2,1-2H3;(H,5,6,7)/q+1;/p-1. The average Bonchev–Trinajstić information content (AvgIpc) is 2.50. The first-order valence-electron chi connectivity index (χ1n) is 6.95. The van der Waals surface area contributed by atoms with E-state index in [1.54, 1.807) is 0 Å². The number of alkyl halides is 3. The molecule has 0 spiro atoms. The van der Waals surface area contributed by atoms with Crippen LogP contribution in [0.25, 0.3) is 0 Å². The van der Waals surface area contributed by atoms with Crippen LogP contribution < -0.4 is 21.2 Å². The van der Waals surface area contributed by atoms with Crippen molar-refractivity contribution in [1.82, 2.24) is 0 Å². The molecule has 136 valence electrons. The summed E-state index contributed by atoms with van der Waals surface area (Å²) in [7, 11) is -6.09. The molecule has 0 aliphatic heterocycles. The molecule has 1 aliphatic rings. The summed E-state index contributed by atoms with van der Waals surface area (Å²) in [5.74, 6) is 0. The number of nitrogens with zero attached hydrogens (tertiary/aromatic N) is 1. The van der Waals surface area contributed by atoms with Gasteiger partial charge in [0.05, 0.1) is 11.6 Å². The van der Waals surface area contributed by atoms with E-state index in [1.165, 1.54) is 18.3 Å². The summed E-state index contributed by atoms with van der Waals surface area (Å²) in [4.78, 5) is 0. The first-order chi connectivity index (χ1) is 11.5. The average molecular weight is 485 g/mol. The summed E-state index contributed by atoms with van der Waals surface area (Å²) >= 11 is -0.165. The van der Waals surface area contributed by atoms with Crippen LogP contribution in [0, 0.1) is 14.9 Å². The highest BCUT2D eigenvalue weighted by Crippen LogP contribution is 2.25. The van der Waals surface area contributed by atoms with Gasteiger partial charge < -0.3 is 4.55 Å². The van der Waals surface area contributed by atoms with Gasteiger partial charge in [0.1, 0.15) is 0 Å². The Bertz CT molecular complexity index is 822. The fourth-order valence-electron chi connectivity index (χ4n) is 1.80. The molecule has 0 radical (unpaired) electrons. The maximum Gasteiger partial charge on any atom is 0.485 e. The van der Waals surface area contributed by atoms with Crippen molar-refractivity contribution in [2.24, 2.45) is 0 Å². The van der Waals surface area contributed by atoms with E-state index in [0.29, 0.717) is 0 Å². The van der Waals surface area contributed by atoms with Gasteiger partial charge in [-0.15, -0.1) is 0 Å². The van der Waals surface area contributed by atoms with Crippen molar-refractivity contribution in [3.05, 3.63) is 54.2 Å². The highest BCUT2D eigenvalue weighted by Gasteiger charge is 2.36. The van der Waals surface area contributed by atoms with E-state index >= 15 is 0 Å². The molecular formula is C16H15F3INO3S. The van der Waals surface area contributed by atoms with E-state index in [0.717, 1.165) is 18.4 Å². The molecule has 0 saturated heterocycles. The van der Waals surface area contributed by atoms with Crippen LogP contribution in [-0.4, -0.2) is 18.5 Å². The molecule has 1 aromatic carbocycles. The number of benzene rings is 1. The SMILES string of the molecule is CC1=C(C)CC([I+]c2ccccc2)=C(C#N)C1.O=S(=O)([O-])C(F)(F)F. The Labute approximate surface area is 155 Å². The van der Waals surface area contributed by atoms with Gasteiger partial charge in [-0.1, -0.05) is 29.3 Å². The van der Waals surface area contributed by atoms with Gasteiger partial charge >= 0.3 is 26.7 Å². The van der Waals surface area contributed by atoms with E-state index in [1.807, 2.05) is 6.07 Å². The van der Waals surface area contributed by atoms with Crippen LogP contribution in [0.15, 0.2) is 50.6 Å². The van der Waals surface area contributed by atoms with Gasteiger partial charge in [0.25, 0.3) is 0 Å². The third-order valence-corrected chi connectivity index (χ3v) is 6.89. The third-order valence-electron chi connectivity index (χ3n) is 3.29. The Morgan fingerprint density at radius 1 is 1.12 bits per heavy atom.